The normalized spacial score (nSPS) is 14.0. The summed E-state index contributed by atoms with van der Waals surface area (Å²) in [7, 11) is 0.209. The Morgan fingerprint density at radius 3 is 1.75 bits per heavy atom. The Morgan fingerprint density at radius 1 is 1.08 bits per heavy atom. The van der Waals surface area contributed by atoms with Gasteiger partial charge in [-0.25, -0.2) is 0 Å². The van der Waals surface area contributed by atoms with Gasteiger partial charge in [0.1, 0.15) is 0 Å². The number of hydrogen-bond acceptors (Lipinski definition) is 1. The Balaban J connectivity index is 3.69. The molecule has 0 aromatic carbocycles. The van der Waals surface area contributed by atoms with Gasteiger partial charge in [0.25, 0.3) is 0 Å². The predicted molar refractivity (Wildman–Crippen MR) is 72.4 cm³/mol. The minimum absolute atomic E-state index is 0.209. The topological polar surface area (TPSA) is 3.24 Å². The van der Waals surface area contributed by atoms with E-state index in [0.717, 1.165) is 11.8 Å². The Hall–Kier alpha value is 1.12. The molecule has 4 heteroatoms. The zero-order chi connectivity index (χ0) is 9.56. The number of nitrogens with zero attached hydrogens (tertiary/aromatic N) is 1. The highest BCUT2D eigenvalue weighted by atomic mass is 127. The molecule has 0 N–H and O–H groups in total. The molecule has 0 unspecified atom stereocenters. The second-order valence-corrected chi connectivity index (χ2v) is 18.1. The Kier molecular flexibility index (Phi) is 8.22. The van der Waals surface area contributed by atoms with E-state index in [1.54, 1.807) is 0 Å². The standard InChI is InChI=1S/C8H22INSi2/c1-7(2)5-10(12-11-9)6-8(3)4/h7-8H,5-6,11-12H2,1-4H3. The maximum atomic E-state index is 2.77. The second kappa shape index (κ2) is 7.52. The van der Waals surface area contributed by atoms with Crippen LogP contribution in [-0.4, -0.2) is 33.4 Å². The smallest absolute Gasteiger partial charge is 0.0973 e. The SMILES string of the molecule is CC(C)CN(CC(C)C)[SiH2][SiH2]I. The van der Waals surface area contributed by atoms with Gasteiger partial charge in [0.2, 0.25) is 0 Å². The van der Waals surface area contributed by atoms with E-state index >= 15 is 0 Å². The minimum Gasteiger partial charge on any atom is -0.330 e. The minimum atomic E-state index is 0.209. The molecule has 0 aliphatic rings. The number of rotatable bonds is 6. The van der Waals surface area contributed by atoms with Crippen molar-refractivity contribution in [3.05, 3.63) is 0 Å². The van der Waals surface area contributed by atoms with Crippen LogP contribution < -0.4 is 0 Å². The first-order valence-electron chi connectivity index (χ1n) is 4.84. The molecule has 0 bridgehead atoms. The largest absolute Gasteiger partial charge is 0.330 e. The molecule has 0 saturated carbocycles. The van der Waals surface area contributed by atoms with Crippen molar-refractivity contribution in [3.8, 4) is 0 Å². The molecule has 0 atom stereocenters. The van der Waals surface area contributed by atoms with Crippen molar-refractivity contribution in [2.45, 2.75) is 27.7 Å². The van der Waals surface area contributed by atoms with Crippen LogP contribution in [0.3, 0.4) is 0 Å². The molecule has 12 heavy (non-hydrogen) atoms. The monoisotopic (exact) mass is 315 g/mol. The van der Waals surface area contributed by atoms with Crippen molar-refractivity contribution in [3.63, 3.8) is 0 Å². The van der Waals surface area contributed by atoms with Crippen molar-refractivity contribution in [1.82, 2.24) is 4.57 Å². The summed E-state index contributed by atoms with van der Waals surface area (Å²) in [6, 6.07) is 0. The lowest BCUT2D eigenvalue weighted by atomic mass is 10.2. The van der Waals surface area contributed by atoms with E-state index in [0.29, 0.717) is 6.53 Å². The fourth-order valence-electron chi connectivity index (χ4n) is 1.41. The third kappa shape index (κ3) is 7.76. The molecule has 0 radical (unpaired) electrons. The van der Waals surface area contributed by atoms with Gasteiger partial charge in [0.15, 0.2) is 0 Å². The van der Waals surface area contributed by atoms with Crippen LogP contribution in [0, 0.1) is 11.8 Å². The molecular formula is C8H22INSi2. The van der Waals surface area contributed by atoms with Crippen LogP contribution in [0.15, 0.2) is 0 Å². The van der Waals surface area contributed by atoms with Crippen LogP contribution in [0.2, 0.25) is 0 Å². The summed E-state index contributed by atoms with van der Waals surface area (Å²) in [4.78, 5) is 0. The first-order valence-corrected chi connectivity index (χ1v) is 14.6. The molecule has 0 aliphatic carbocycles. The highest BCUT2D eigenvalue weighted by Crippen LogP contribution is 2.02. The van der Waals surface area contributed by atoms with Crippen LogP contribution in [0.25, 0.3) is 0 Å². The third-order valence-electron chi connectivity index (χ3n) is 1.65. The fourth-order valence-corrected chi connectivity index (χ4v) is 11.0. The molecule has 74 valence electrons. The average molecular weight is 315 g/mol. The number of hydrogen-bond donors (Lipinski definition) is 0. The van der Waals surface area contributed by atoms with E-state index in [1.807, 2.05) is 0 Å². The first-order chi connectivity index (χ1) is 5.56. The zero-order valence-corrected chi connectivity index (χ0v) is 13.8. The van der Waals surface area contributed by atoms with Gasteiger partial charge in [-0.3, -0.25) is 0 Å². The quantitative estimate of drug-likeness (QED) is 0.403. The van der Waals surface area contributed by atoms with Gasteiger partial charge in [-0.15, -0.1) is 21.8 Å². The summed E-state index contributed by atoms with van der Waals surface area (Å²) in [5.41, 5.74) is 0. The summed E-state index contributed by atoms with van der Waals surface area (Å²) < 4.78 is 2.77. The molecule has 0 aromatic heterocycles. The van der Waals surface area contributed by atoms with Crippen LogP contribution in [0.1, 0.15) is 27.7 Å². The summed E-state index contributed by atoms with van der Waals surface area (Å²) in [6.07, 6.45) is 0. The lowest BCUT2D eigenvalue weighted by Crippen LogP contribution is -2.36. The molecule has 0 fully saturated rings. The van der Waals surface area contributed by atoms with E-state index in [9.17, 15) is 0 Å². The van der Waals surface area contributed by atoms with E-state index in [2.05, 4.69) is 54.1 Å². The maximum Gasteiger partial charge on any atom is 0.0973 e. The van der Waals surface area contributed by atoms with Gasteiger partial charge in [-0.1, -0.05) is 27.7 Å². The van der Waals surface area contributed by atoms with E-state index < -0.39 is 0 Å². The molecular weight excluding hydrogens is 293 g/mol. The van der Waals surface area contributed by atoms with E-state index in [4.69, 9.17) is 0 Å². The lowest BCUT2D eigenvalue weighted by molar-refractivity contribution is 0.350. The molecule has 0 spiro atoms. The zero-order valence-electron chi connectivity index (χ0n) is 8.81. The highest BCUT2D eigenvalue weighted by molar-refractivity contribution is 14.1. The van der Waals surface area contributed by atoms with Crippen molar-refractivity contribution in [2.75, 3.05) is 13.1 Å². The third-order valence-corrected chi connectivity index (χ3v) is 9.71. The lowest BCUT2D eigenvalue weighted by Gasteiger charge is -2.25. The van der Waals surface area contributed by atoms with Crippen LogP contribution in [-0.2, 0) is 0 Å². The number of halogens is 1. The highest BCUT2D eigenvalue weighted by Gasteiger charge is 2.08. The first kappa shape index (κ1) is 13.1. The summed E-state index contributed by atoms with van der Waals surface area (Å²) in [6.45, 7) is 12.3. The van der Waals surface area contributed by atoms with Crippen molar-refractivity contribution in [1.29, 1.82) is 0 Å². The molecule has 0 rings (SSSR count). The summed E-state index contributed by atoms with van der Waals surface area (Å²) in [5, 5.41) is 0. The predicted octanol–water partition coefficient (Wildman–Crippen LogP) is 1.12. The molecule has 0 amide bonds. The fraction of sp³-hybridized carbons (Fsp3) is 1.00. The van der Waals surface area contributed by atoms with Gasteiger partial charge < -0.3 is 4.57 Å². The summed E-state index contributed by atoms with van der Waals surface area (Å²) in [5.74, 6) is 1.71. The average Bonchev–Trinajstić information content (AvgIpc) is 1.84. The van der Waals surface area contributed by atoms with Gasteiger partial charge in [-0.2, -0.15) is 0 Å². The van der Waals surface area contributed by atoms with Crippen molar-refractivity contribution < 1.29 is 0 Å². The van der Waals surface area contributed by atoms with Gasteiger partial charge in [0, 0.05) is 0 Å². The molecule has 0 aromatic rings. The van der Waals surface area contributed by atoms with Crippen molar-refractivity contribution in [2.24, 2.45) is 11.8 Å². The van der Waals surface area contributed by atoms with Crippen LogP contribution >= 0.6 is 21.8 Å². The molecule has 1 nitrogen and oxygen atoms in total. The van der Waals surface area contributed by atoms with Crippen LogP contribution in [0.5, 0.6) is 0 Å². The van der Waals surface area contributed by atoms with Crippen molar-refractivity contribution >= 4 is 37.5 Å². The summed E-state index contributed by atoms with van der Waals surface area (Å²) >= 11 is 2.66. The van der Waals surface area contributed by atoms with E-state index in [-0.39, 0.29) is 9.20 Å². The molecule has 0 saturated heterocycles. The maximum absolute atomic E-state index is 2.77. The Morgan fingerprint density at radius 2 is 1.50 bits per heavy atom. The Labute approximate surface area is 94.4 Å². The van der Waals surface area contributed by atoms with Gasteiger partial charge in [0.05, 0.1) is 15.7 Å². The molecule has 0 aliphatic heterocycles. The van der Waals surface area contributed by atoms with Gasteiger partial charge in [-0.05, 0) is 24.9 Å². The van der Waals surface area contributed by atoms with Gasteiger partial charge >= 0.3 is 0 Å². The molecule has 0 heterocycles. The Bertz CT molecular complexity index is 99.2. The second-order valence-electron chi connectivity index (χ2n) is 4.24. The van der Waals surface area contributed by atoms with Crippen LogP contribution in [0.4, 0.5) is 0 Å². The van der Waals surface area contributed by atoms with E-state index in [1.165, 1.54) is 13.1 Å².